The minimum Gasteiger partial charge on any atom is -0.391 e. The standard InChI is InChI=1S/C14H23NO5/c1-5-6-9(16)7-15-11(12(18-4)13(15)17)10-8-19-14(2,3)20-10/h5,9-12,16H,1,6-8H2,2-4H3/t9-,10-,11+,12-/m1/s1. The molecule has 0 aromatic heterocycles. The van der Waals surface area contributed by atoms with Gasteiger partial charge in [0.2, 0.25) is 0 Å². The summed E-state index contributed by atoms with van der Waals surface area (Å²) in [7, 11) is 1.51. The van der Waals surface area contributed by atoms with Crippen LogP contribution >= 0.6 is 0 Å². The molecule has 4 atom stereocenters. The average molecular weight is 285 g/mol. The molecule has 1 N–H and O–H groups in total. The third-order valence-corrected chi connectivity index (χ3v) is 3.71. The molecule has 114 valence electrons. The number of hydrogen-bond acceptors (Lipinski definition) is 5. The molecule has 0 aromatic rings. The van der Waals surface area contributed by atoms with Crippen molar-refractivity contribution in [2.45, 2.75) is 50.4 Å². The van der Waals surface area contributed by atoms with E-state index >= 15 is 0 Å². The summed E-state index contributed by atoms with van der Waals surface area (Å²) in [6, 6.07) is -0.214. The van der Waals surface area contributed by atoms with Crippen LogP contribution in [0, 0.1) is 0 Å². The van der Waals surface area contributed by atoms with Gasteiger partial charge in [0.05, 0.1) is 18.8 Å². The van der Waals surface area contributed by atoms with Crippen LogP contribution in [0.25, 0.3) is 0 Å². The van der Waals surface area contributed by atoms with E-state index in [-0.39, 0.29) is 24.6 Å². The third-order valence-electron chi connectivity index (χ3n) is 3.71. The molecule has 2 heterocycles. The number of ether oxygens (including phenoxy) is 3. The topological polar surface area (TPSA) is 68.2 Å². The van der Waals surface area contributed by atoms with Gasteiger partial charge in [0.1, 0.15) is 6.10 Å². The molecule has 0 aliphatic carbocycles. The quantitative estimate of drug-likeness (QED) is 0.561. The molecule has 2 aliphatic rings. The van der Waals surface area contributed by atoms with Crippen molar-refractivity contribution in [3.05, 3.63) is 12.7 Å². The number of β-lactam (4-membered cyclic amide) rings is 1. The smallest absolute Gasteiger partial charge is 0.254 e. The summed E-state index contributed by atoms with van der Waals surface area (Å²) < 4.78 is 16.6. The van der Waals surface area contributed by atoms with E-state index < -0.39 is 18.0 Å². The summed E-state index contributed by atoms with van der Waals surface area (Å²) in [6.45, 7) is 7.94. The molecular formula is C14H23NO5. The van der Waals surface area contributed by atoms with Crippen LogP contribution in [0.1, 0.15) is 20.3 Å². The Kier molecular flexibility index (Phi) is 4.49. The van der Waals surface area contributed by atoms with Crippen molar-refractivity contribution in [1.82, 2.24) is 4.90 Å². The van der Waals surface area contributed by atoms with Crippen LogP contribution in [0.4, 0.5) is 0 Å². The zero-order valence-electron chi connectivity index (χ0n) is 12.2. The van der Waals surface area contributed by atoms with Gasteiger partial charge in [-0.25, -0.2) is 0 Å². The Balaban J connectivity index is 2.03. The Morgan fingerprint density at radius 1 is 1.65 bits per heavy atom. The highest BCUT2D eigenvalue weighted by molar-refractivity contribution is 5.88. The lowest BCUT2D eigenvalue weighted by atomic mass is 9.92. The first-order chi connectivity index (χ1) is 9.39. The SMILES string of the molecule is C=CC[C@@H](O)CN1C(=O)[C@H](OC)[C@@H]1[C@H]1COC(C)(C)O1. The van der Waals surface area contributed by atoms with Gasteiger partial charge in [-0.05, 0) is 20.3 Å². The van der Waals surface area contributed by atoms with Gasteiger partial charge in [0.15, 0.2) is 11.9 Å². The van der Waals surface area contributed by atoms with E-state index in [9.17, 15) is 9.90 Å². The lowest BCUT2D eigenvalue weighted by molar-refractivity contribution is -0.195. The van der Waals surface area contributed by atoms with E-state index in [2.05, 4.69) is 6.58 Å². The summed E-state index contributed by atoms with van der Waals surface area (Å²) in [6.07, 6.45) is 0.710. The van der Waals surface area contributed by atoms with E-state index in [1.54, 1.807) is 11.0 Å². The maximum atomic E-state index is 12.0. The lowest BCUT2D eigenvalue weighted by Crippen LogP contribution is -2.71. The molecule has 2 fully saturated rings. The van der Waals surface area contributed by atoms with Gasteiger partial charge in [-0.1, -0.05) is 6.08 Å². The number of carbonyl (C=O) groups is 1. The molecule has 6 nitrogen and oxygen atoms in total. The van der Waals surface area contributed by atoms with Gasteiger partial charge in [0.25, 0.3) is 5.91 Å². The van der Waals surface area contributed by atoms with Crippen LogP contribution < -0.4 is 0 Å². The highest BCUT2D eigenvalue weighted by atomic mass is 16.7. The zero-order chi connectivity index (χ0) is 14.9. The summed E-state index contributed by atoms with van der Waals surface area (Å²) in [4.78, 5) is 13.6. The predicted molar refractivity (Wildman–Crippen MR) is 72.0 cm³/mol. The normalized spacial score (nSPS) is 33.9. The molecule has 0 unspecified atom stereocenters. The molecule has 0 bridgehead atoms. The molecule has 2 rings (SSSR count). The fourth-order valence-corrected chi connectivity index (χ4v) is 2.76. The second-order valence-electron chi connectivity index (χ2n) is 5.68. The number of aliphatic hydroxyl groups is 1. The van der Waals surface area contributed by atoms with Crippen LogP contribution in [0.15, 0.2) is 12.7 Å². The third kappa shape index (κ3) is 2.88. The van der Waals surface area contributed by atoms with Crippen LogP contribution in [0.3, 0.4) is 0 Å². The first-order valence-electron chi connectivity index (χ1n) is 6.83. The van der Waals surface area contributed by atoms with Crippen molar-refractivity contribution in [2.75, 3.05) is 20.3 Å². The van der Waals surface area contributed by atoms with Gasteiger partial charge in [-0.3, -0.25) is 4.79 Å². The fourth-order valence-electron chi connectivity index (χ4n) is 2.76. The van der Waals surface area contributed by atoms with E-state index in [0.29, 0.717) is 13.0 Å². The van der Waals surface area contributed by atoms with Gasteiger partial charge < -0.3 is 24.2 Å². The van der Waals surface area contributed by atoms with Crippen molar-refractivity contribution < 1.29 is 24.1 Å². The van der Waals surface area contributed by atoms with Crippen molar-refractivity contribution >= 4 is 5.91 Å². The number of amides is 1. The second-order valence-corrected chi connectivity index (χ2v) is 5.68. The van der Waals surface area contributed by atoms with E-state index in [1.165, 1.54) is 7.11 Å². The summed E-state index contributed by atoms with van der Waals surface area (Å²) >= 11 is 0. The molecule has 2 aliphatic heterocycles. The second kappa shape index (κ2) is 5.81. The van der Waals surface area contributed by atoms with Crippen molar-refractivity contribution in [3.8, 4) is 0 Å². The number of likely N-dealkylation sites (tertiary alicyclic amines) is 1. The Bertz CT molecular complexity index is 384. The number of methoxy groups -OCH3 is 1. The van der Waals surface area contributed by atoms with Crippen molar-refractivity contribution in [2.24, 2.45) is 0 Å². The Morgan fingerprint density at radius 2 is 2.35 bits per heavy atom. The predicted octanol–water partition coefficient (Wildman–Crippen LogP) is 0.301. The average Bonchev–Trinajstić information content (AvgIpc) is 2.72. The largest absolute Gasteiger partial charge is 0.391 e. The maximum Gasteiger partial charge on any atom is 0.254 e. The lowest BCUT2D eigenvalue weighted by Gasteiger charge is -2.48. The number of hydrogen-bond donors (Lipinski definition) is 1. The Labute approximate surface area is 119 Å². The highest BCUT2D eigenvalue weighted by Gasteiger charge is 2.55. The monoisotopic (exact) mass is 285 g/mol. The van der Waals surface area contributed by atoms with Gasteiger partial charge in [-0.15, -0.1) is 6.58 Å². The van der Waals surface area contributed by atoms with Crippen molar-refractivity contribution in [3.63, 3.8) is 0 Å². The first-order valence-corrected chi connectivity index (χ1v) is 6.83. The van der Waals surface area contributed by atoms with Crippen LogP contribution in [0.5, 0.6) is 0 Å². The molecule has 1 amide bonds. The molecule has 0 aromatic carbocycles. The Morgan fingerprint density at radius 3 is 2.85 bits per heavy atom. The zero-order valence-corrected chi connectivity index (χ0v) is 12.2. The number of rotatable bonds is 6. The molecule has 6 heteroatoms. The minimum absolute atomic E-state index is 0.117. The maximum absolute atomic E-state index is 12.0. The summed E-state index contributed by atoms with van der Waals surface area (Å²) in [5.41, 5.74) is 0. The molecule has 0 spiro atoms. The number of nitrogens with zero attached hydrogens (tertiary/aromatic N) is 1. The number of aliphatic hydroxyl groups excluding tert-OH is 1. The van der Waals surface area contributed by atoms with Crippen LogP contribution in [0.2, 0.25) is 0 Å². The Hall–Kier alpha value is -0.950. The van der Waals surface area contributed by atoms with E-state index in [1.807, 2.05) is 13.8 Å². The van der Waals surface area contributed by atoms with Crippen molar-refractivity contribution in [1.29, 1.82) is 0 Å². The van der Waals surface area contributed by atoms with Crippen LogP contribution in [-0.2, 0) is 19.0 Å². The summed E-state index contributed by atoms with van der Waals surface area (Å²) in [5.74, 6) is -0.763. The first kappa shape index (κ1) is 15.4. The van der Waals surface area contributed by atoms with Gasteiger partial charge >= 0.3 is 0 Å². The number of β-amino-alcohol motifs (C(OH)–C–C–N with tert-alkyl or cyclic N) is 1. The number of carbonyl (C=O) groups excluding carboxylic acids is 1. The van der Waals surface area contributed by atoms with Gasteiger partial charge in [-0.2, -0.15) is 0 Å². The molecular weight excluding hydrogens is 262 g/mol. The van der Waals surface area contributed by atoms with Gasteiger partial charge in [0, 0.05) is 13.7 Å². The van der Waals surface area contributed by atoms with E-state index in [4.69, 9.17) is 14.2 Å². The van der Waals surface area contributed by atoms with Crippen LogP contribution in [-0.4, -0.2) is 66.3 Å². The molecule has 2 saturated heterocycles. The molecule has 0 saturated carbocycles. The highest BCUT2D eigenvalue weighted by Crippen LogP contribution is 2.34. The van der Waals surface area contributed by atoms with E-state index in [0.717, 1.165) is 0 Å². The summed E-state index contributed by atoms with van der Waals surface area (Å²) in [5, 5.41) is 9.85. The minimum atomic E-state index is -0.646. The fraction of sp³-hybridized carbons (Fsp3) is 0.786. The molecule has 20 heavy (non-hydrogen) atoms. The molecule has 0 radical (unpaired) electrons.